The summed E-state index contributed by atoms with van der Waals surface area (Å²) in [5.41, 5.74) is 2.90. The van der Waals surface area contributed by atoms with Crippen LogP contribution < -0.4 is 9.47 Å². The van der Waals surface area contributed by atoms with Crippen LogP contribution in [0.25, 0.3) is 32.7 Å². The smallest absolute Gasteiger partial charge is 0.493 e. The lowest BCUT2D eigenvalue weighted by molar-refractivity contribution is -0.148. The van der Waals surface area contributed by atoms with Crippen LogP contribution >= 0.6 is 0 Å². The molecule has 75 heavy (non-hydrogen) atoms. The van der Waals surface area contributed by atoms with Gasteiger partial charge in [-0.2, -0.15) is 0 Å². The standard InChI is InChI=1S/C63H104O10Si2/c1-9-17-19-21-23-25-27-29-31-37-47-64-59-46-45-54-41-33-35-43-56(54)60(59)61-57-44-36-34-42-55(57)53-58(62(61)65-48-38-32-30-28-26-24-22-20-18-10-2)63(66-49-39-51-74(68-11-3,69-12-4)70-13-5)67-50-40-52-75(71-14-6,72-15-7)73-16-8/h33-36,41-46,53,63H,9-32,37-40,47-52H2,1-8H3. The summed E-state index contributed by atoms with van der Waals surface area (Å²) >= 11 is 0. The molecule has 0 saturated carbocycles. The van der Waals surface area contributed by atoms with Crippen LogP contribution in [0.15, 0.2) is 66.7 Å². The van der Waals surface area contributed by atoms with E-state index < -0.39 is 23.9 Å². The Bertz CT molecular complexity index is 2000. The molecule has 4 aromatic carbocycles. The molecule has 10 nitrogen and oxygen atoms in total. The van der Waals surface area contributed by atoms with Gasteiger partial charge in [-0.3, -0.25) is 0 Å². The van der Waals surface area contributed by atoms with Crippen LogP contribution in [-0.4, -0.2) is 83.7 Å². The summed E-state index contributed by atoms with van der Waals surface area (Å²) < 4.78 is 65.9. The molecular weight excluding hydrogens is 973 g/mol. The highest BCUT2D eigenvalue weighted by Crippen LogP contribution is 2.49. The molecule has 0 aliphatic rings. The van der Waals surface area contributed by atoms with Gasteiger partial charge in [0.2, 0.25) is 0 Å². The van der Waals surface area contributed by atoms with E-state index in [1.807, 2.05) is 41.5 Å². The minimum absolute atomic E-state index is 0.393. The first kappa shape index (κ1) is 64.6. The summed E-state index contributed by atoms with van der Waals surface area (Å²) in [5.74, 6) is 1.64. The van der Waals surface area contributed by atoms with Crippen LogP contribution in [0.4, 0.5) is 0 Å². The summed E-state index contributed by atoms with van der Waals surface area (Å²) in [7, 11) is -5.85. The van der Waals surface area contributed by atoms with Crippen LogP contribution in [0.1, 0.15) is 209 Å². The molecule has 0 atom stereocenters. The number of unbranched alkanes of at least 4 members (excludes halogenated alkanes) is 18. The number of benzene rings is 4. The first-order valence-electron chi connectivity index (χ1n) is 30.3. The quantitative estimate of drug-likeness (QED) is 0.0242. The lowest BCUT2D eigenvalue weighted by Crippen LogP contribution is -2.46. The molecule has 12 heteroatoms. The van der Waals surface area contributed by atoms with Gasteiger partial charge in [0, 0.05) is 62.9 Å². The highest BCUT2D eigenvalue weighted by atomic mass is 28.4. The van der Waals surface area contributed by atoms with Crippen LogP contribution in [0.3, 0.4) is 0 Å². The molecule has 0 aliphatic carbocycles. The van der Waals surface area contributed by atoms with Crippen molar-refractivity contribution >= 4 is 39.2 Å². The minimum Gasteiger partial charge on any atom is -0.493 e. The average Bonchev–Trinajstić information content (AvgIpc) is 3.41. The van der Waals surface area contributed by atoms with E-state index in [1.54, 1.807) is 0 Å². The van der Waals surface area contributed by atoms with Crippen molar-refractivity contribution in [3.8, 4) is 22.6 Å². The zero-order valence-corrected chi connectivity index (χ0v) is 50.6. The number of fused-ring (bicyclic) bond motifs is 2. The van der Waals surface area contributed by atoms with Gasteiger partial charge in [-0.1, -0.05) is 184 Å². The van der Waals surface area contributed by atoms with Gasteiger partial charge >= 0.3 is 17.6 Å². The predicted molar refractivity (Wildman–Crippen MR) is 316 cm³/mol. The summed E-state index contributed by atoms with van der Waals surface area (Å²) in [6.07, 6.45) is 25.8. The number of hydrogen-bond acceptors (Lipinski definition) is 10. The maximum Gasteiger partial charge on any atom is 0.501 e. The summed E-state index contributed by atoms with van der Waals surface area (Å²) in [4.78, 5) is 0. The van der Waals surface area contributed by atoms with E-state index in [0.717, 1.165) is 75.4 Å². The largest absolute Gasteiger partial charge is 0.501 e. The number of rotatable bonds is 48. The van der Waals surface area contributed by atoms with E-state index in [-0.39, 0.29) is 0 Å². The van der Waals surface area contributed by atoms with Gasteiger partial charge in [0.15, 0.2) is 6.29 Å². The molecule has 0 radical (unpaired) electrons. The molecule has 0 aromatic heterocycles. The fourth-order valence-corrected chi connectivity index (χ4v) is 15.4. The molecule has 0 fully saturated rings. The second-order valence-electron chi connectivity index (χ2n) is 19.9. The molecule has 0 spiro atoms. The second-order valence-corrected chi connectivity index (χ2v) is 25.3. The Kier molecular flexibility index (Phi) is 34.0. The number of hydrogen-bond donors (Lipinski definition) is 0. The van der Waals surface area contributed by atoms with E-state index in [2.05, 4.69) is 80.6 Å². The molecule has 0 aliphatic heterocycles. The van der Waals surface area contributed by atoms with Crippen molar-refractivity contribution in [3.05, 3.63) is 72.3 Å². The minimum atomic E-state index is -2.92. The monoisotopic (exact) mass is 1080 g/mol. The topological polar surface area (TPSA) is 92.3 Å². The molecule has 0 N–H and O–H groups in total. The van der Waals surface area contributed by atoms with E-state index in [0.29, 0.717) is 91.0 Å². The summed E-state index contributed by atoms with van der Waals surface area (Å²) in [5, 5.41) is 4.44. The highest BCUT2D eigenvalue weighted by Gasteiger charge is 2.41. The third-order valence-corrected chi connectivity index (χ3v) is 20.2. The second kappa shape index (κ2) is 39.5. The van der Waals surface area contributed by atoms with Gasteiger partial charge in [-0.05, 0) is 101 Å². The Labute approximate surface area is 458 Å². The third kappa shape index (κ3) is 22.8. The first-order valence-corrected chi connectivity index (χ1v) is 34.2. The highest BCUT2D eigenvalue weighted by molar-refractivity contribution is 6.61. The van der Waals surface area contributed by atoms with Gasteiger partial charge in [0.05, 0.1) is 32.0 Å². The fraction of sp³-hybridized carbons (Fsp3) is 0.683. The van der Waals surface area contributed by atoms with E-state index in [1.165, 1.54) is 103 Å². The van der Waals surface area contributed by atoms with E-state index in [4.69, 9.17) is 45.5 Å². The molecule has 424 valence electrons. The Morgan fingerprint density at radius 3 is 1.19 bits per heavy atom. The summed E-state index contributed by atoms with van der Waals surface area (Å²) in [6.45, 7) is 21.7. The van der Waals surface area contributed by atoms with Crippen molar-refractivity contribution in [2.24, 2.45) is 0 Å². The van der Waals surface area contributed by atoms with Crippen molar-refractivity contribution in [1.29, 1.82) is 0 Å². The van der Waals surface area contributed by atoms with E-state index in [9.17, 15) is 0 Å². The van der Waals surface area contributed by atoms with Crippen molar-refractivity contribution in [2.75, 3.05) is 66.1 Å². The van der Waals surface area contributed by atoms with Crippen LogP contribution in [0.2, 0.25) is 12.1 Å². The van der Waals surface area contributed by atoms with Crippen molar-refractivity contribution < 1.29 is 45.5 Å². The maximum atomic E-state index is 7.29. The average molecular weight is 1080 g/mol. The molecule has 4 aromatic rings. The molecule has 0 amide bonds. The van der Waals surface area contributed by atoms with Gasteiger partial charge in [-0.15, -0.1) is 0 Å². The molecule has 0 bridgehead atoms. The maximum absolute atomic E-state index is 7.29. The molecule has 0 saturated heterocycles. The fourth-order valence-electron chi connectivity index (χ4n) is 10.3. The molecular formula is C63H104O10Si2. The van der Waals surface area contributed by atoms with E-state index >= 15 is 0 Å². The van der Waals surface area contributed by atoms with Crippen molar-refractivity contribution in [1.82, 2.24) is 0 Å². The Morgan fingerprint density at radius 1 is 0.360 bits per heavy atom. The Hall–Kier alpha value is -2.89. The SMILES string of the molecule is CCCCCCCCCCCCOc1ccc2ccccc2c1-c1c(OCCCCCCCCCCCC)c(C(OCCC[Si](OCC)(OCC)OCC)OCCC[Si](OCC)(OCC)OCC)cc2ccccc12. The lowest BCUT2D eigenvalue weighted by Gasteiger charge is -2.30. The zero-order chi connectivity index (χ0) is 53.7. The molecule has 0 heterocycles. The third-order valence-electron chi connectivity index (χ3n) is 13.9. The predicted octanol–water partition coefficient (Wildman–Crippen LogP) is 18.2. The van der Waals surface area contributed by atoms with Crippen LogP contribution in [0, 0.1) is 0 Å². The van der Waals surface area contributed by atoms with Gasteiger partial charge < -0.3 is 45.5 Å². The van der Waals surface area contributed by atoms with Gasteiger partial charge in [0.25, 0.3) is 0 Å². The summed E-state index contributed by atoms with van der Waals surface area (Å²) in [6, 6.07) is 25.2. The van der Waals surface area contributed by atoms with Crippen molar-refractivity contribution in [2.45, 2.75) is 215 Å². The van der Waals surface area contributed by atoms with Crippen LogP contribution in [0.5, 0.6) is 11.5 Å². The Morgan fingerprint density at radius 2 is 0.747 bits per heavy atom. The van der Waals surface area contributed by atoms with Crippen molar-refractivity contribution in [3.63, 3.8) is 0 Å². The molecule has 0 unspecified atom stereocenters. The number of ether oxygens (including phenoxy) is 4. The Balaban J connectivity index is 1.79. The van der Waals surface area contributed by atoms with Gasteiger partial charge in [-0.25, -0.2) is 0 Å². The lowest BCUT2D eigenvalue weighted by atomic mass is 9.90. The molecule has 4 rings (SSSR count). The normalized spacial score (nSPS) is 12.2. The van der Waals surface area contributed by atoms with Crippen LogP contribution in [-0.2, 0) is 36.0 Å². The first-order chi connectivity index (χ1) is 36.9. The van der Waals surface area contributed by atoms with Gasteiger partial charge in [0.1, 0.15) is 11.5 Å². The zero-order valence-electron chi connectivity index (χ0n) is 48.6.